The lowest BCUT2D eigenvalue weighted by atomic mass is 9.88. The fourth-order valence-electron chi connectivity index (χ4n) is 1.30. The van der Waals surface area contributed by atoms with Crippen LogP contribution >= 0.6 is 11.6 Å². The van der Waals surface area contributed by atoms with Crippen LogP contribution in [0.4, 0.5) is 0 Å². The van der Waals surface area contributed by atoms with Gasteiger partial charge in [0.15, 0.2) is 5.15 Å². The topological polar surface area (TPSA) is 25.8 Å². The fourth-order valence-corrected chi connectivity index (χ4v) is 1.47. The Bertz CT molecular complexity index is 302. The molecule has 0 aliphatic rings. The SMILES string of the molecule is CCc1cc(Cl)nnc1C(C)(C)C. The zero-order chi connectivity index (χ0) is 10.1. The van der Waals surface area contributed by atoms with Crippen LogP contribution in [0.15, 0.2) is 6.07 Å². The first-order valence-electron chi connectivity index (χ1n) is 4.47. The summed E-state index contributed by atoms with van der Waals surface area (Å²) >= 11 is 5.77. The van der Waals surface area contributed by atoms with Crippen LogP contribution in [-0.2, 0) is 11.8 Å². The van der Waals surface area contributed by atoms with Gasteiger partial charge in [0.2, 0.25) is 0 Å². The normalized spacial score (nSPS) is 11.8. The van der Waals surface area contributed by atoms with Gasteiger partial charge in [0.25, 0.3) is 0 Å². The van der Waals surface area contributed by atoms with Crippen molar-refractivity contribution >= 4 is 11.6 Å². The average molecular weight is 199 g/mol. The predicted molar refractivity (Wildman–Crippen MR) is 55.1 cm³/mol. The van der Waals surface area contributed by atoms with Gasteiger partial charge < -0.3 is 0 Å². The van der Waals surface area contributed by atoms with E-state index in [9.17, 15) is 0 Å². The van der Waals surface area contributed by atoms with Crippen molar-refractivity contribution in [1.29, 1.82) is 0 Å². The van der Waals surface area contributed by atoms with E-state index in [0.29, 0.717) is 5.15 Å². The number of aromatic nitrogens is 2. The molecule has 0 N–H and O–H groups in total. The third-order valence-electron chi connectivity index (χ3n) is 1.93. The lowest BCUT2D eigenvalue weighted by Gasteiger charge is -2.19. The van der Waals surface area contributed by atoms with E-state index in [-0.39, 0.29) is 5.41 Å². The molecular formula is C10H15ClN2. The maximum Gasteiger partial charge on any atom is 0.152 e. The Kier molecular flexibility index (Phi) is 2.91. The van der Waals surface area contributed by atoms with Gasteiger partial charge in [-0.1, -0.05) is 39.3 Å². The highest BCUT2D eigenvalue weighted by Gasteiger charge is 2.19. The summed E-state index contributed by atoms with van der Waals surface area (Å²) < 4.78 is 0. The van der Waals surface area contributed by atoms with Crippen molar-refractivity contribution in [1.82, 2.24) is 10.2 Å². The van der Waals surface area contributed by atoms with Crippen molar-refractivity contribution < 1.29 is 0 Å². The molecule has 0 bridgehead atoms. The maximum atomic E-state index is 5.77. The van der Waals surface area contributed by atoms with Gasteiger partial charge >= 0.3 is 0 Å². The standard InChI is InChI=1S/C10H15ClN2/c1-5-7-6-8(11)12-13-9(7)10(2,3)4/h6H,5H2,1-4H3. The Balaban J connectivity index is 3.22. The second-order valence-corrected chi connectivity index (χ2v) is 4.53. The van der Waals surface area contributed by atoms with Gasteiger partial charge in [-0.2, -0.15) is 5.10 Å². The van der Waals surface area contributed by atoms with Gasteiger partial charge in [0.1, 0.15) is 0 Å². The Morgan fingerprint density at radius 2 is 1.92 bits per heavy atom. The van der Waals surface area contributed by atoms with Crippen LogP contribution in [0.1, 0.15) is 39.0 Å². The average Bonchev–Trinajstić information content (AvgIpc) is 2.01. The van der Waals surface area contributed by atoms with Gasteiger partial charge in [-0.3, -0.25) is 0 Å². The molecule has 1 aromatic rings. The molecule has 0 radical (unpaired) electrons. The quantitative estimate of drug-likeness (QED) is 0.694. The Morgan fingerprint density at radius 3 is 2.38 bits per heavy atom. The molecule has 1 aromatic heterocycles. The Labute approximate surface area is 84.3 Å². The number of aryl methyl sites for hydroxylation is 1. The summed E-state index contributed by atoms with van der Waals surface area (Å²) in [4.78, 5) is 0. The van der Waals surface area contributed by atoms with Crippen LogP contribution < -0.4 is 0 Å². The summed E-state index contributed by atoms with van der Waals surface area (Å²) in [7, 11) is 0. The first-order chi connectivity index (χ1) is 5.95. The van der Waals surface area contributed by atoms with E-state index in [0.717, 1.165) is 12.1 Å². The van der Waals surface area contributed by atoms with Crippen LogP contribution in [0.25, 0.3) is 0 Å². The molecule has 72 valence electrons. The van der Waals surface area contributed by atoms with Crippen LogP contribution in [0.2, 0.25) is 5.15 Å². The largest absolute Gasteiger partial charge is 0.153 e. The molecule has 3 heteroatoms. The maximum absolute atomic E-state index is 5.77. The number of hydrogen-bond acceptors (Lipinski definition) is 2. The van der Waals surface area contributed by atoms with Crippen LogP contribution in [0.5, 0.6) is 0 Å². The van der Waals surface area contributed by atoms with Crippen LogP contribution in [-0.4, -0.2) is 10.2 Å². The highest BCUT2D eigenvalue weighted by molar-refractivity contribution is 6.29. The van der Waals surface area contributed by atoms with Crippen molar-refractivity contribution in [3.63, 3.8) is 0 Å². The molecule has 1 heterocycles. The van der Waals surface area contributed by atoms with Crippen LogP contribution in [0.3, 0.4) is 0 Å². The first-order valence-corrected chi connectivity index (χ1v) is 4.85. The minimum Gasteiger partial charge on any atom is -0.153 e. The lowest BCUT2D eigenvalue weighted by molar-refractivity contribution is 0.550. The Morgan fingerprint density at radius 1 is 1.31 bits per heavy atom. The number of halogens is 1. The minimum absolute atomic E-state index is 0.0446. The minimum atomic E-state index is 0.0446. The van der Waals surface area contributed by atoms with Gasteiger partial charge in [0, 0.05) is 5.41 Å². The second-order valence-electron chi connectivity index (χ2n) is 4.14. The molecule has 0 aromatic carbocycles. The summed E-state index contributed by atoms with van der Waals surface area (Å²) in [5.74, 6) is 0. The summed E-state index contributed by atoms with van der Waals surface area (Å²) in [5.41, 5.74) is 2.27. The van der Waals surface area contributed by atoms with E-state index in [1.165, 1.54) is 5.56 Å². The predicted octanol–water partition coefficient (Wildman–Crippen LogP) is 2.99. The smallest absolute Gasteiger partial charge is 0.152 e. The first kappa shape index (κ1) is 10.5. The zero-order valence-corrected chi connectivity index (χ0v) is 9.31. The molecule has 2 nitrogen and oxygen atoms in total. The summed E-state index contributed by atoms with van der Waals surface area (Å²) in [5, 5.41) is 8.48. The third kappa shape index (κ3) is 2.41. The molecule has 0 spiro atoms. The molecule has 0 aliphatic heterocycles. The van der Waals surface area contributed by atoms with Gasteiger partial charge in [0.05, 0.1) is 5.69 Å². The molecule has 0 fully saturated rings. The summed E-state index contributed by atoms with van der Waals surface area (Å²) in [6, 6.07) is 1.90. The number of rotatable bonds is 1. The molecule has 0 unspecified atom stereocenters. The molecule has 0 saturated carbocycles. The third-order valence-corrected chi connectivity index (χ3v) is 2.12. The van der Waals surface area contributed by atoms with Crippen molar-refractivity contribution in [2.75, 3.05) is 0 Å². The fraction of sp³-hybridized carbons (Fsp3) is 0.600. The second kappa shape index (κ2) is 3.62. The molecule has 0 atom stereocenters. The van der Waals surface area contributed by atoms with Crippen molar-refractivity contribution in [2.24, 2.45) is 0 Å². The van der Waals surface area contributed by atoms with Crippen LogP contribution in [0, 0.1) is 0 Å². The van der Waals surface area contributed by atoms with E-state index in [4.69, 9.17) is 11.6 Å². The Hall–Kier alpha value is -0.630. The summed E-state index contributed by atoms with van der Waals surface area (Å²) in [6.07, 6.45) is 0.946. The monoisotopic (exact) mass is 198 g/mol. The van der Waals surface area contributed by atoms with E-state index in [2.05, 4.69) is 37.9 Å². The molecule has 0 amide bonds. The highest BCUT2D eigenvalue weighted by Crippen LogP contribution is 2.24. The molecular weight excluding hydrogens is 184 g/mol. The van der Waals surface area contributed by atoms with E-state index in [1.54, 1.807) is 0 Å². The highest BCUT2D eigenvalue weighted by atomic mass is 35.5. The van der Waals surface area contributed by atoms with Gasteiger partial charge in [-0.15, -0.1) is 5.10 Å². The van der Waals surface area contributed by atoms with E-state index >= 15 is 0 Å². The molecule has 0 saturated heterocycles. The number of nitrogens with zero attached hydrogens (tertiary/aromatic N) is 2. The van der Waals surface area contributed by atoms with Crippen molar-refractivity contribution in [2.45, 2.75) is 39.5 Å². The van der Waals surface area contributed by atoms with Gasteiger partial charge in [-0.05, 0) is 18.1 Å². The molecule has 1 rings (SSSR count). The lowest BCUT2D eigenvalue weighted by Crippen LogP contribution is -2.17. The van der Waals surface area contributed by atoms with E-state index < -0.39 is 0 Å². The summed E-state index contributed by atoms with van der Waals surface area (Å²) in [6.45, 7) is 8.49. The molecule has 0 aliphatic carbocycles. The zero-order valence-electron chi connectivity index (χ0n) is 8.56. The van der Waals surface area contributed by atoms with Crippen molar-refractivity contribution in [3.05, 3.63) is 22.5 Å². The van der Waals surface area contributed by atoms with E-state index in [1.807, 2.05) is 6.07 Å². The molecule has 13 heavy (non-hydrogen) atoms. The van der Waals surface area contributed by atoms with Crippen molar-refractivity contribution in [3.8, 4) is 0 Å². The number of hydrogen-bond donors (Lipinski definition) is 0. The van der Waals surface area contributed by atoms with Gasteiger partial charge in [-0.25, -0.2) is 0 Å².